The van der Waals surface area contributed by atoms with E-state index < -0.39 is 12.0 Å². The number of aromatic nitrogens is 1. The molecule has 1 N–H and O–H groups in total. The van der Waals surface area contributed by atoms with Crippen LogP contribution in [0.5, 0.6) is 0 Å². The summed E-state index contributed by atoms with van der Waals surface area (Å²) in [4.78, 5) is 36.2. The summed E-state index contributed by atoms with van der Waals surface area (Å²) in [5, 5.41) is 1.84. The monoisotopic (exact) mass is 525 g/mol. The molecule has 3 aromatic carbocycles. The molecule has 1 heterocycles. The highest BCUT2D eigenvalue weighted by Crippen LogP contribution is 2.31. The van der Waals surface area contributed by atoms with Crippen molar-refractivity contribution in [2.24, 2.45) is 0 Å². The number of rotatable bonds is 9. The molecular formula is C31H35N5O3. The Morgan fingerprint density at radius 2 is 1.49 bits per heavy atom. The van der Waals surface area contributed by atoms with Crippen LogP contribution in [0.25, 0.3) is 22.2 Å². The van der Waals surface area contributed by atoms with Gasteiger partial charge < -0.3 is 14.5 Å². The smallest absolute Gasteiger partial charge is 0.433 e. The Labute approximate surface area is 229 Å². The fraction of sp³-hybridized carbons (Fsp3) is 0.258. The highest BCUT2D eigenvalue weighted by molar-refractivity contribution is 6.10. The first-order chi connectivity index (χ1) is 18.9. The number of para-hydroxylation sites is 2. The first-order valence-electron chi connectivity index (χ1n) is 12.9. The normalized spacial score (nSPS) is 11.1. The lowest BCUT2D eigenvalue weighted by Crippen LogP contribution is -2.47. The number of amides is 2. The number of nitrogens with zero attached hydrogens (tertiary/aromatic N) is 4. The Kier molecular flexibility index (Phi) is 9.25. The van der Waals surface area contributed by atoms with E-state index in [2.05, 4.69) is 29.3 Å². The molecule has 0 spiro atoms. The third-order valence-corrected chi connectivity index (χ3v) is 6.43. The van der Waals surface area contributed by atoms with Crippen molar-refractivity contribution in [1.29, 1.82) is 0 Å². The summed E-state index contributed by atoms with van der Waals surface area (Å²) in [6, 6.07) is 26.4. The van der Waals surface area contributed by atoms with Crippen molar-refractivity contribution in [1.82, 2.24) is 20.2 Å². The van der Waals surface area contributed by atoms with Gasteiger partial charge in [0.2, 0.25) is 0 Å². The minimum atomic E-state index is -0.696. The van der Waals surface area contributed by atoms with E-state index in [0.29, 0.717) is 28.7 Å². The highest BCUT2D eigenvalue weighted by atomic mass is 16.5. The van der Waals surface area contributed by atoms with Crippen molar-refractivity contribution in [2.45, 2.75) is 13.0 Å². The zero-order valence-corrected chi connectivity index (χ0v) is 22.9. The van der Waals surface area contributed by atoms with E-state index in [1.54, 1.807) is 24.3 Å². The maximum atomic E-state index is 14.1. The van der Waals surface area contributed by atoms with Gasteiger partial charge in [-0.2, -0.15) is 5.01 Å². The minimum absolute atomic E-state index is 0.420. The number of pyridine rings is 1. The van der Waals surface area contributed by atoms with Crippen molar-refractivity contribution in [3.8, 4) is 11.3 Å². The summed E-state index contributed by atoms with van der Waals surface area (Å²) in [6.07, 6.45) is 0.287. The molecule has 8 heteroatoms. The lowest BCUT2D eigenvalue weighted by Gasteiger charge is -2.25. The first-order valence-corrected chi connectivity index (χ1v) is 12.9. The van der Waals surface area contributed by atoms with Crippen LogP contribution in [-0.2, 0) is 11.3 Å². The average Bonchev–Trinajstić information content (AvgIpc) is 2.95. The lowest BCUT2D eigenvalue weighted by atomic mass is 9.95. The first kappa shape index (κ1) is 27.8. The molecule has 39 heavy (non-hydrogen) atoms. The van der Waals surface area contributed by atoms with Gasteiger partial charge in [0.1, 0.15) is 0 Å². The Morgan fingerprint density at radius 1 is 0.846 bits per heavy atom. The van der Waals surface area contributed by atoms with Gasteiger partial charge in [0.25, 0.3) is 5.91 Å². The molecule has 202 valence electrons. The standard InChI is InChI=1S/C31H35N5O3/c1-34(2)20-13-21-35(3)22-26-28(30(37)33-36(31(38)39-4)24-16-9-6-10-17-24)25-18-11-12-19-27(25)32-29(26)23-14-7-5-8-15-23/h5-12,14-19H,13,20-22H2,1-4H3,(H,33,37). The Morgan fingerprint density at radius 3 is 2.15 bits per heavy atom. The van der Waals surface area contributed by atoms with E-state index >= 15 is 0 Å². The van der Waals surface area contributed by atoms with Gasteiger partial charge in [-0.15, -0.1) is 0 Å². The molecule has 0 saturated heterocycles. The van der Waals surface area contributed by atoms with Crippen LogP contribution < -0.4 is 10.4 Å². The van der Waals surface area contributed by atoms with E-state index in [1.807, 2.05) is 67.7 Å². The van der Waals surface area contributed by atoms with Crippen molar-refractivity contribution in [2.75, 3.05) is 46.4 Å². The number of methoxy groups -OCH3 is 1. The second kappa shape index (κ2) is 13.0. The van der Waals surface area contributed by atoms with Gasteiger partial charge in [-0.1, -0.05) is 66.7 Å². The largest absolute Gasteiger partial charge is 0.451 e. The molecule has 0 aliphatic carbocycles. The van der Waals surface area contributed by atoms with Crippen LogP contribution in [0.4, 0.5) is 10.5 Å². The molecule has 0 fully saturated rings. The van der Waals surface area contributed by atoms with Gasteiger partial charge in [-0.3, -0.25) is 10.2 Å². The van der Waals surface area contributed by atoms with Crippen LogP contribution >= 0.6 is 0 Å². The number of carbonyl (C=O) groups excluding carboxylic acids is 2. The molecule has 0 unspecified atom stereocenters. The SMILES string of the molecule is COC(=O)N(NC(=O)c1c(CN(C)CCCN(C)C)c(-c2ccccc2)nc2ccccc12)c1ccccc1. The molecule has 4 aromatic rings. The second-order valence-corrected chi connectivity index (χ2v) is 9.67. The molecule has 4 rings (SSSR count). The van der Waals surface area contributed by atoms with E-state index in [0.717, 1.165) is 41.3 Å². The second-order valence-electron chi connectivity index (χ2n) is 9.67. The number of hydrazine groups is 1. The molecule has 2 amide bonds. The van der Waals surface area contributed by atoms with Crippen LogP contribution in [0, 0.1) is 0 Å². The quantitative estimate of drug-likeness (QED) is 0.303. The number of benzene rings is 3. The topological polar surface area (TPSA) is 78.0 Å². The fourth-order valence-electron chi connectivity index (χ4n) is 4.55. The molecular weight excluding hydrogens is 490 g/mol. The van der Waals surface area contributed by atoms with Gasteiger partial charge in [-0.05, 0) is 58.9 Å². The van der Waals surface area contributed by atoms with Crippen molar-refractivity contribution < 1.29 is 14.3 Å². The molecule has 1 aromatic heterocycles. The zero-order chi connectivity index (χ0) is 27.8. The van der Waals surface area contributed by atoms with Crippen molar-refractivity contribution >= 4 is 28.6 Å². The number of ether oxygens (including phenoxy) is 1. The summed E-state index contributed by atoms with van der Waals surface area (Å²) in [5.74, 6) is -0.420. The molecule has 8 nitrogen and oxygen atoms in total. The summed E-state index contributed by atoms with van der Waals surface area (Å²) in [7, 11) is 7.45. The fourth-order valence-corrected chi connectivity index (χ4v) is 4.55. The van der Waals surface area contributed by atoms with Crippen molar-refractivity contribution in [3.05, 3.63) is 96.1 Å². The maximum Gasteiger partial charge on any atom is 0.433 e. The lowest BCUT2D eigenvalue weighted by molar-refractivity contribution is 0.0941. The predicted octanol–water partition coefficient (Wildman–Crippen LogP) is 5.20. The van der Waals surface area contributed by atoms with Crippen LogP contribution in [-0.4, -0.2) is 68.1 Å². The summed E-state index contributed by atoms with van der Waals surface area (Å²) in [6.45, 7) is 2.31. The van der Waals surface area contributed by atoms with Crippen LogP contribution in [0.15, 0.2) is 84.9 Å². The van der Waals surface area contributed by atoms with Gasteiger partial charge in [0, 0.05) is 23.1 Å². The summed E-state index contributed by atoms with van der Waals surface area (Å²) >= 11 is 0. The molecule has 0 aliphatic heterocycles. The number of hydrogen-bond donors (Lipinski definition) is 1. The van der Waals surface area contributed by atoms with Crippen LogP contribution in [0.2, 0.25) is 0 Å². The van der Waals surface area contributed by atoms with Gasteiger partial charge in [-0.25, -0.2) is 9.78 Å². The maximum absolute atomic E-state index is 14.1. The number of carbonyl (C=O) groups is 2. The summed E-state index contributed by atoms with van der Waals surface area (Å²) < 4.78 is 4.99. The Hall–Kier alpha value is -4.27. The molecule has 0 atom stereocenters. The van der Waals surface area contributed by atoms with Gasteiger partial charge >= 0.3 is 6.09 Å². The van der Waals surface area contributed by atoms with Gasteiger partial charge in [0.05, 0.1) is 29.6 Å². The van der Waals surface area contributed by atoms with Crippen LogP contribution in [0.1, 0.15) is 22.3 Å². The summed E-state index contributed by atoms with van der Waals surface area (Å²) in [5.41, 5.74) is 6.92. The van der Waals surface area contributed by atoms with E-state index in [1.165, 1.54) is 7.11 Å². The zero-order valence-electron chi connectivity index (χ0n) is 22.9. The van der Waals surface area contributed by atoms with E-state index in [4.69, 9.17) is 9.72 Å². The predicted molar refractivity (Wildman–Crippen MR) is 155 cm³/mol. The molecule has 0 saturated carbocycles. The van der Waals surface area contributed by atoms with Crippen LogP contribution in [0.3, 0.4) is 0 Å². The minimum Gasteiger partial charge on any atom is -0.451 e. The van der Waals surface area contributed by atoms with E-state index in [-0.39, 0.29) is 0 Å². The third kappa shape index (κ3) is 6.79. The molecule has 0 bridgehead atoms. The van der Waals surface area contributed by atoms with Gasteiger partial charge in [0.15, 0.2) is 0 Å². The number of anilines is 1. The Bertz CT molecular complexity index is 1410. The highest BCUT2D eigenvalue weighted by Gasteiger charge is 2.26. The number of fused-ring (bicyclic) bond motifs is 1. The number of hydrogen-bond acceptors (Lipinski definition) is 6. The molecule has 0 aliphatic rings. The Balaban J connectivity index is 1.84. The third-order valence-electron chi connectivity index (χ3n) is 6.43. The number of nitrogens with one attached hydrogen (secondary N) is 1. The van der Waals surface area contributed by atoms with E-state index in [9.17, 15) is 9.59 Å². The average molecular weight is 526 g/mol. The molecule has 0 radical (unpaired) electrons. The van der Waals surface area contributed by atoms with Crippen molar-refractivity contribution in [3.63, 3.8) is 0 Å².